The summed E-state index contributed by atoms with van der Waals surface area (Å²) in [5.74, 6) is 0.00208. The average Bonchev–Trinajstić information content (AvgIpc) is 2.84. The Kier molecular flexibility index (Phi) is 4.42. The molecule has 20 heavy (non-hydrogen) atoms. The van der Waals surface area contributed by atoms with Crippen molar-refractivity contribution in [1.29, 1.82) is 0 Å². The van der Waals surface area contributed by atoms with Crippen molar-refractivity contribution in [2.75, 3.05) is 13.1 Å². The van der Waals surface area contributed by atoms with Gasteiger partial charge >= 0.3 is 5.97 Å². The van der Waals surface area contributed by atoms with Crippen molar-refractivity contribution in [2.24, 2.45) is 11.8 Å². The van der Waals surface area contributed by atoms with Crippen LogP contribution in [0.25, 0.3) is 0 Å². The van der Waals surface area contributed by atoms with E-state index >= 15 is 0 Å². The topological polar surface area (TPSA) is 83.6 Å². The van der Waals surface area contributed by atoms with Gasteiger partial charge in [0.15, 0.2) is 5.69 Å². The van der Waals surface area contributed by atoms with E-state index in [2.05, 4.69) is 5.16 Å². The normalized spacial score (nSPS) is 20.7. The van der Waals surface area contributed by atoms with E-state index < -0.39 is 5.97 Å². The van der Waals surface area contributed by atoms with Crippen LogP contribution < -0.4 is 0 Å². The molecule has 2 rings (SSSR count). The Morgan fingerprint density at radius 3 is 2.95 bits per heavy atom. The molecule has 1 aliphatic heterocycles. The van der Waals surface area contributed by atoms with E-state index in [1.165, 1.54) is 0 Å². The number of carboxylic acid groups (broad SMARTS) is 1. The second-order valence-electron chi connectivity index (χ2n) is 5.55. The van der Waals surface area contributed by atoms with E-state index in [4.69, 9.17) is 9.63 Å². The van der Waals surface area contributed by atoms with Crippen molar-refractivity contribution >= 4 is 11.9 Å². The molecule has 0 aromatic carbocycles. The third kappa shape index (κ3) is 3.37. The van der Waals surface area contributed by atoms with Crippen LogP contribution in [0.15, 0.2) is 10.6 Å². The number of piperidine rings is 1. The van der Waals surface area contributed by atoms with Crippen LogP contribution >= 0.6 is 0 Å². The van der Waals surface area contributed by atoms with Gasteiger partial charge in [0.25, 0.3) is 5.91 Å². The second-order valence-corrected chi connectivity index (χ2v) is 5.55. The zero-order valence-corrected chi connectivity index (χ0v) is 11.8. The lowest BCUT2D eigenvalue weighted by molar-refractivity contribution is -0.138. The Bertz CT molecular complexity index is 497. The van der Waals surface area contributed by atoms with E-state index in [-0.39, 0.29) is 24.2 Å². The minimum absolute atomic E-state index is 0.0714. The smallest absolute Gasteiger partial charge is 0.303 e. The maximum Gasteiger partial charge on any atom is 0.303 e. The molecule has 1 fully saturated rings. The number of aryl methyl sites for hydroxylation is 1. The minimum atomic E-state index is -0.784. The summed E-state index contributed by atoms with van der Waals surface area (Å²) in [6.45, 7) is 4.98. The molecule has 1 amide bonds. The quantitative estimate of drug-likeness (QED) is 0.911. The molecule has 0 aliphatic carbocycles. The Labute approximate surface area is 117 Å². The predicted octanol–water partition coefficient (Wildman–Crippen LogP) is 1.95. The number of hydrogen-bond donors (Lipinski definition) is 1. The Morgan fingerprint density at radius 1 is 1.60 bits per heavy atom. The number of rotatable bonds is 4. The van der Waals surface area contributed by atoms with Crippen LogP contribution in [0.2, 0.25) is 0 Å². The van der Waals surface area contributed by atoms with Crippen LogP contribution in [-0.4, -0.2) is 40.1 Å². The first-order valence-corrected chi connectivity index (χ1v) is 6.91. The van der Waals surface area contributed by atoms with Crippen LogP contribution in [-0.2, 0) is 4.79 Å². The van der Waals surface area contributed by atoms with Crippen LogP contribution in [0, 0.1) is 18.8 Å². The van der Waals surface area contributed by atoms with Crippen molar-refractivity contribution in [3.05, 3.63) is 17.5 Å². The van der Waals surface area contributed by atoms with Gasteiger partial charge < -0.3 is 14.5 Å². The zero-order valence-electron chi connectivity index (χ0n) is 11.8. The summed E-state index contributed by atoms with van der Waals surface area (Å²) >= 11 is 0. The van der Waals surface area contributed by atoms with Gasteiger partial charge in [0, 0.05) is 25.6 Å². The molecule has 0 saturated carbocycles. The third-order valence-corrected chi connectivity index (χ3v) is 3.89. The van der Waals surface area contributed by atoms with Gasteiger partial charge in [0.2, 0.25) is 0 Å². The van der Waals surface area contributed by atoms with Gasteiger partial charge in [0.05, 0.1) is 0 Å². The number of likely N-dealkylation sites (tertiary alicyclic amines) is 1. The van der Waals surface area contributed by atoms with Crippen LogP contribution in [0.4, 0.5) is 0 Å². The Hall–Kier alpha value is -1.85. The maximum atomic E-state index is 12.3. The second kappa shape index (κ2) is 6.07. The summed E-state index contributed by atoms with van der Waals surface area (Å²) in [4.78, 5) is 24.8. The molecule has 2 atom stereocenters. The zero-order chi connectivity index (χ0) is 14.7. The van der Waals surface area contributed by atoms with E-state index in [9.17, 15) is 9.59 Å². The Morgan fingerprint density at radius 2 is 2.35 bits per heavy atom. The molecule has 6 nitrogen and oxygen atoms in total. The van der Waals surface area contributed by atoms with E-state index in [0.717, 1.165) is 12.8 Å². The fraction of sp³-hybridized carbons (Fsp3) is 0.643. The molecule has 1 aromatic rings. The van der Waals surface area contributed by atoms with Gasteiger partial charge in [-0.25, -0.2) is 0 Å². The van der Waals surface area contributed by atoms with Gasteiger partial charge in [-0.15, -0.1) is 0 Å². The van der Waals surface area contributed by atoms with Gasteiger partial charge in [-0.3, -0.25) is 9.59 Å². The largest absolute Gasteiger partial charge is 0.481 e. The summed E-state index contributed by atoms with van der Waals surface area (Å²) in [7, 11) is 0. The van der Waals surface area contributed by atoms with Crippen molar-refractivity contribution in [3.8, 4) is 0 Å². The number of aliphatic carboxylic acids is 1. The van der Waals surface area contributed by atoms with Crippen molar-refractivity contribution in [2.45, 2.75) is 33.1 Å². The molecule has 2 heterocycles. The Balaban J connectivity index is 1.99. The molecular weight excluding hydrogens is 260 g/mol. The first-order chi connectivity index (χ1) is 9.47. The fourth-order valence-electron chi connectivity index (χ4n) is 2.73. The molecule has 2 unspecified atom stereocenters. The number of hydrogen-bond acceptors (Lipinski definition) is 4. The molecule has 1 aromatic heterocycles. The SMILES string of the molecule is Cc1cc(C(=O)N2CCCC(C(C)CC(=O)O)C2)no1. The number of carboxylic acids is 1. The first-order valence-electron chi connectivity index (χ1n) is 6.91. The highest BCUT2D eigenvalue weighted by atomic mass is 16.5. The number of nitrogens with zero attached hydrogens (tertiary/aromatic N) is 2. The lowest BCUT2D eigenvalue weighted by Crippen LogP contribution is -2.42. The molecule has 1 aliphatic rings. The lowest BCUT2D eigenvalue weighted by Gasteiger charge is -2.35. The monoisotopic (exact) mass is 280 g/mol. The molecule has 0 bridgehead atoms. The summed E-state index contributed by atoms with van der Waals surface area (Å²) < 4.78 is 4.93. The number of aromatic nitrogens is 1. The van der Waals surface area contributed by atoms with Gasteiger partial charge in [-0.1, -0.05) is 12.1 Å². The fourth-order valence-corrected chi connectivity index (χ4v) is 2.73. The van der Waals surface area contributed by atoms with E-state index in [1.807, 2.05) is 6.92 Å². The van der Waals surface area contributed by atoms with Crippen LogP contribution in [0.5, 0.6) is 0 Å². The van der Waals surface area contributed by atoms with Gasteiger partial charge in [-0.2, -0.15) is 0 Å². The predicted molar refractivity (Wildman–Crippen MR) is 71.3 cm³/mol. The lowest BCUT2D eigenvalue weighted by atomic mass is 9.84. The van der Waals surface area contributed by atoms with E-state index in [1.54, 1.807) is 17.9 Å². The molecular formula is C14H20N2O4. The minimum Gasteiger partial charge on any atom is -0.481 e. The van der Waals surface area contributed by atoms with Gasteiger partial charge in [-0.05, 0) is 31.6 Å². The summed E-state index contributed by atoms with van der Waals surface area (Å²) in [6.07, 6.45) is 2.02. The molecule has 6 heteroatoms. The molecule has 0 radical (unpaired) electrons. The number of carbonyl (C=O) groups excluding carboxylic acids is 1. The maximum absolute atomic E-state index is 12.3. The summed E-state index contributed by atoms with van der Waals surface area (Å²) in [5, 5.41) is 12.6. The highest BCUT2D eigenvalue weighted by Gasteiger charge is 2.29. The average molecular weight is 280 g/mol. The number of amides is 1. The third-order valence-electron chi connectivity index (χ3n) is 3.89. The van der Waals surface area contributed by atoms with Gasteiger partial charge in [0.1, 0.15) is 5.76 Å². The van der Waals surface area contributed by atoms with Crippen molar-refractivity contribution in [1.82, 2.24) is 10.1 Å². The summed E-state index contributed by atoms with van der Waals surface area (Å²) in [5.41, 5.74) is 0.328. The summed E-state index contributed by atoms with van der Waals surface area (Å²) in [6, 6.07) is 1.63. The molecule has 110 valence electrons. The molecule has 1 saturated heterocycles. The highest BCUT2D eigenvalue weighted by molar-refractivity contribution is 5.92. The highest BCUT2D eigenvalue weighted by Crippen LogP contribution is 2.26. The molecule has 0 spiro atoms. The number of carbonyl (C=O) groups is 2. The standard InChI is InChI=1S/C14H20N2O4/c1-9(6-13(17)18)11-4-3-5-16(8-11)14(19)12-7-10(2)20-15-12/h7,9,11H,3-6,8H2,1-2H3,(H,17,18). The van der Waals surface area contributed by atoms with E-state index in [0.29, 0.717) is 24.5 Å². The van der Waals surface area contributed by atoms with Crippen molar-refractivity contribution in [3.63, 3.8) is 0 Å². The van der Waals surface area contributed by atoms with Crippen LogP contribution in [0.1, 0.15) is 42.4 Å². The van der Waals surface area contributed by atoms with Crippen LogP contribution in [0.3, 0.4) is 0 Å². The van der Waals surface area contributed by atoms with Crippen molar-refractivity contribution < 1.29 is 19.2 Å². The molecule has 1 N–H and O–H groups in total. The first kappa shape index (κ1) is 14.6.